The van der Waals surface area contributed by atoms with Crippen LogP contribution in [0.25, 0.3) is 0 Å². The third-order valence-corrected chi connectivity index (χ3v) is 7.91. The summed E-state index contributed by atoms with van der Waals surface area (Å²) in [6, 6.07) is 0. The van der Waals surface area contributed by atoms with Crippen molar-refractivity contribution in [1.29, 1.82) is 0 Å². The van der Waals surface area contributed by atoms with Crippen LogP contribution in [-0.2, 0) is 9.59 Å². The highest BCUT2D eigenvalue weighted by Gasteiger charge is 2.50. The number of nitrogens with zero attached hydrogens (tertiary/aromatic N) is 1. The number of nitrogens with one attached hydrogen (secondary N) is 1. The summed E-state index contributed by atoms with van der Waals surface area (Å²) in [6.45, 7) is 2.67. The Bertz CT molecular complexity index is 481. The number of piperidine rings is 1. The van der Waals surface area contributed by atoms with Crippen LogP contribution in [0.2, 0.25) is 0 Å². The van der Waals surface area contributed by atoms with Gasteiger partial charge in [-0.25, -0.2) is 0 Å². The molecule has 2 amide bonds. The predicted molar refractivity (Wildman–Crippen MR) is 101 cm³/mol. The van der Waals surface area contributed by atoms with E-state index in [1.165, 1.54) is 56.7 Å². The standard InChI is InChI=1S/C20H32N2O2S/c23-18(12-25-13-19(24)22-4-2-1-3-5-22)21-14-20-9-15-6-16(10-20)8-17(7-15)11-20/h15-17H,1-14H2,(H,21,23). The molecule has 4 aliphatic carbocycles. The maximum atomic E-state index is 12.2. The van der Waals surface area contributed by atoms with E-state index in [1.54, 1.807) is 0 Å². The van der Waals surface area contributed by atoms with Gasteiger partial charge in [-0.1, -0.05) is 0 Å². The van der Waals surface area contributed by atoms with Crippen molar-refractivity contribution in [3.05, 3.63) is 0 Å². The Morgan fingerprint density at radius 3 is 2.12 bits per heavy atom. The number of likely N-dealkylation sites (tertiary alicyclic amines) is 1. The molecule has 0 aromatic rings. The molecule has 25 heavy (non-hydrogen) atoms. The molecule has 1 N–H and O–H groups in total. The normalized spacial score (nSPS) is 36.5. The summed E-state index contributed by atoms with van der Waals surface area (Å²) in [5.41, 5.74) is 0.401. The van der Waals surface area contributed by atoms with E-state index in [0.29, 0.717) is 16.9 Å². The zero-order valence-electron chi connectivity index (χ0n) is 15.3. The van der Waals surface area contributed by atoms with Crippen molar-refractivity contribution in [2.75, 3.05) is 31.1 Å². The van der Waals surface area contributed by atoms with E-state index in [-0.39, 0.29) is 11.8 Å². The van der Waals surface area contributed by atoms with Gasteiger partial charge in [0, 0.05) is 19.6 Å². The van der Waals surface area contributed by atoms with Gasteiger partial charge in [0.05, 0.1) is 11.5 Å². The molecule has 1 aliphatic heterocycles. The van der Waals surface area contributed by atoms with Gasteiger partial charge < -0.3 is 10.2 Å². The first-order valence-electron chi connectivity index (χ1n) is 10.2. The smallest absolute Gasteiger partial charge is 0.232 e. The molecule has 0 atom stereocenters. The maximum absolute atomic E-state index is 12.2. The van der Waals surface area contributed by atoms with Gasteiger partial charge in [0.1, 0.15) is 0 Å². The van der Waals surface area contributed by atoms with E-state index in [9.17, 15) is 9.59 Å². The lowest BCUT2D eigenvalue weighted by Gasteiger charge is -2.56. The molecule has 0 aromatic carbocycles. The molecule has 0 unspecified atom stereocenters. The number of amides is 2. The van der Waals surface area contributed by atoms with E-state index in [1.807, 2.05) is 4.90 Å². The molecule has 5 fully saturated rings. The zero-order chi connectivity index (χ0) is 17.3. The second-order valence-corrected chi connectivity index (χ2v) is 10.1. The van der Waals surface area contributed by atoms with Crippen LogP contribution >= 0.6 is 11.8 Å². The second kappa shape index (κ2) is 7.50. The molecule has 1 saturated heterocycles. The van der Waals surface area contributed by atoms with Gasteiger partial charge in [-0.05, 0) is 81.0 Å². The summed E-state index contributed by atoms with van der Waals surface area (Å²) in [5, 5.41) is 3.21. The van der Waals surface area contributed by atoms with Gasteiger partial charge in [-0.15, -0.1) is 11.8 Å². The fourth-order valence-electron chi connectivity index (χ4n) is 6.31. The van der Waals surface area contributed by atoms with Gasteiger partial charge in [0.15, 0.2) is 0 Å². The first-order chi connectivity index (χ1) is 12.1. The summed E-state index contributed by atoms with van der Waals surface area (Å²) >= 11 is 1.48. The van der Waals surface area contributed by atoms with Crippen LogP contribution in [-0.4, -0.2) is 47.9 Å². The van der Waals surface area contributed by atoms with Crippen molar-refractivity contribution < 1.29 is 9.59 Å². The maximum Gasteiger partial charge on any atom is 0.232 e. The lowest BCUT2D eigenvalue weighted by Crippen LogP contribution is -2.51. The number of carbonyl (C=O) groups is 2. The van der Waals surface area contributed by atoms with Gasteiger partial charge in [0.25, 0.3) is 0 Å². The lowest BCUT2D eigenvalue weighted by atomic mass is 9.49. The molecule has 1 heterocycles. The Kier molecular flexibility index (Phi) is 5.30. The van der Waals surface area contributed by atoms with E-state index in [0.717, 1.165) is 50.2 Å². The average molecular weight is 365 g/mol. The van der Waals surface area contributed by atoms with Gasteiger partial charge in [-0.2, -0.15) is 0 Å². The van der Waals surface area contributed by atoms with Crippen molar-refractivity contribution in [1.82, 2.24) is 10.2 Å². The first kappa shape index (κ1) is 17.7. The van der Waals surface area contributed by atoms with E-state index in [4.69, 9.17) is 0 Å². The highest BCUT2D eigenvalue weighted by atomic mass is 32.2. The number of rotatable bonds is 6. The van der Waals surface area contributed by atoms with Crippen LogP contribution in [0.15, 0.2) is 0 Å². The van der Waals surface area contributed by atoms with Crippen LogP contribution in [0.3, 0.4) is 0 Å². The molecular weight excluding hydrogens is 332 g/mol. The minimum atomic E-state index is 0.118. The van der Waals surface area contributed by atoms with E-state index in [2.05, 4.69) is 5.32 Å². The highest BCUT2D eigenvalue weighted by molar-refractivity contribution is 8.00. The average Bonchev–Trinajstić information content (AvgIpc) is 2.60. The summed E-state index contributed by atoms with van der Waals surface area (Å²) in [4.78, 5) is 26.3. The molecule has 0 spiro atoms. The molecule has 5 aliphatic rings. The molecule has 4 saturated carbocycles. The minimum Gasteiger partial charge on any atom is -0.355 e. The molecule has 140 valence electrons. The first-order valence-corrected chi connectivity index (χ1v) is 11.4. The van der Waals surface area contributed by atoms with Crippen LogP contribution in [0, 0.1) is 23.2 Å². The fourth-order valence-corrected chi connectivity index (χ4v) is 7.06. The SMILES string of the molecule is O=C(CSCC(=O)N1CCCCC1)NCC12CC3CC(CC(C3)C1)C2. The molecule has 5 rings (SSSR count). The fraction of sp³-hybridized carbons (Fsp3) is 0.900. The third-order valence-electron chi connectivity index (χ3n) is 6.99. The Balaban J connectivity index is 1.16. The summed E-state index contributed by atoms with van der Waals surface area (Å²) in [7, 11) is 0. The Morgan fingerprint density at radius 2 is 1.52 bits per heavy atom. The van der Waals surface area contributed by atoms with Gasteiger partial charge in [0.2, 0.25) is 11.8 Å². The number of carbonyl (C=O) groups excluding carboxylic acids is 2. The number of hydrogen-bond acceptors (Lipinski definition) is 3. The largest absolute Gasteiger partial charge is 0.355 e. The predicted octanol–water partition coefficient (Wildman–Crippen LogP) is 3.06. The van der Waals surface area contributed by atoms with Crippen molar-refractivity contribution >= 4 is 23.6 Å². The minimum absolute atomic E-state index is 0.118. The van der Waals surface area contributed by atoms with Crippen LogP contribution in [0.5, 0.6) is 0 Å². The molecule has 5 heteroatoms. The van der Waals surface area contributed by atoms with E-state index >= 15 is 0 Å². The van der Waals surface area contributed by atoms with Crippen molar-refractivity contribution in [2.24, 2.45) is 23.2 Å². The molecule has 4 nitrogen and oxygen atoms in total. The number of thioether (sulfide) groups is 1. The summed E-state index contributed by atoms with van der Waals surface area (Å²) in [5.74, 6) is 3.99. The van der Waals surface area contributed by atoms with Crippen molar-refractivity contribution in [3.63, 3.8) is 0 Å². The van der Waals surface area contributed by atoms with Crippen LogP contribution in [0.1, 0.15) is 57.8 Å². The molecule has 0 aromatic heterocycles. The Labute approximate surface area is 155 Å². The van der Waals surface area contributed by atoms with E-state index < -0.39 is 0 Å². The molecule has 0 radical (unpaired) electrons. The zero-order valence-corrected chi connectivity index (χ0v) is 16.1. The quantitative estimate of drug-likeness (QED) is 0.788. The van der Waals surface area contributed by atoms with Gasteiger partial charge >= 0.3 is 0 Å². The second-order valence-electron chi connectivity index (χ2n) is 9.13. The van der Waals surface area contributed by atoms with Gasteiger partial charge in [-0.3, -0.25) is 9.59 Å². The lowest BCUT2D eigenvalue weighted by molar-refractivity contribution is -0.129. The number of hydrogen-bond donors (Lipinski definition) is 1. The summed E-state index contributed by atoms with van der Waals surface area (Å²) in [6.07, 6.45) is 11.8. The Morgan fingerprint density at radius 1 is 0.920 bits per heavy atom. The Hall–Kier alpha value is -0.710. The topological polar surface area (TPSA) is 49.4 Å². The highest BCUT2D eigenvalue weighted by Crippen LogP contribution is 2.59. The molecule has 4 bridgehead atoms. The van der Waals surface area contributed by atoms with Crippen molar-refractivity contribution in [3.8, 4) is 0 Å². The van der Waals surface area contributed by atoms with Crippen LogP contribution < -0.4 is 5.32 Å². The summed E-state index contributed by atoms with van der Waals surface area (Å²) < 4.78 is 0. The molecular formula is C20H32N2O2S. The van der Waals surface area contributed by atoms with Crippen molar-refractivity contribution in [2.45, 2.75) is 57.8 Å². The monoisotopic (exact) mass is 364 g/mol. The van der Waals surface area contributed by atoms with Crippen LogP contribution in [0.4, 0.5) is 0 Å². The third kappa shape index (κ3) is 4.17.